The van der Waals surface area contributed by atoms with Crippen LogP contribution >= 0.6 is 0 Å². The van der Waals surface area contributed by atoms with Crippen molar-refractivity contribution in [3.63, 3.8) is 0 Å². The molecule has 0 fully saturated rings. The van der Waals surface area contributed by atoms with Crippen molar-refractivity contribution in [3.8, 4) is 11.8 Å². The van der Waals surface area contributed by atoms with Crippen LogP contribution in [0, 0.1) is 31.0 Å². The molecule has 0 saturated carbocycles. The van der Waals surface area contributed by atoms with Crippen molar-refractivity contribution < 1.29 is 31.9 Å². The Kier molecular flexibility index (Phi) is 15.8. The lowest BCUT2D eigenvalue weighted by Crippen LogP contribution is -2.47. The van der Waals surface area contributed by atoms with Crippen LogP contribution in [0.1, 0.15) is 73.3 Å². The molecule has 3 amide bonds. The number of nitrogens with zero attached hydrogens (tertiary/aromatic N) is 4. The fourth-order valence-corrected chi connectivity index (χ4v) is 4.44. The van der Waals surface area contributed by atoms with Crippen LogP contribution in [0.15, 0.2) is 78.9 Å². The van der Waals surface area contributed by atoms with Crippen molar-refractivity contribution in [1.82, 2.24) is 20.4 Å². The molecule has 9 nitrogen and oxygen atoms in total. The molecule has 0 radical (unpaired) electrons. The molecular weight excluding hydrogens is 652 g/mol. The molecule has 0 aliphatic heterocycles. The minimum Gasteiger partial charge on any atom is -0.349 e. The summed E-state index contributed by atoms with van der Waals surface area (Å²) in [5.74, 6) is -1.58. The molecule has 50 heavy (non-hydrogen) atoms. The Balaban J connectivity index is 0.000000673. The van der Waals surface area contributed by atoms with Gasteiger partial charge in [0.05, 0.1) is 29.6 Å². The van der Waals surface area contributed by atoms with Crippen LogP contribution in [-0.2, 0) is 22.3 Å². The number of aromatic nitrogens is 2. The van der Waals surface area contributed by atoms with Gasteiger partial charge in [-0.3, -0.25) is 19.3 Å². The highest BCUT2D eigenvalue weighted by Crippen LogP contribution is 2.30. The quantitative estimate of drug-likeness (QED) is 0.177. The number of likely N-dealkylation sites (N-methyl/N-ethyl adjacent to an activating group) is 1. The zero-order chi connectivity index (χ0) is 37.4. The van der Waals surface area contributed by atoms with E-state index in [9.17, 15) is 31.9 Å². The first-order valence-electron chi connectivity index (χ1n) is 16.0. The Morgan fingerprint density at radius 3 is 2.12 bits per heavy atom. The van der Waals surface area contributed by atoms with E-state index in [4.69, 9.17) is 5.26 Å². The number of nitrogens with one attached hydrogen (secondary N) is 2. The number of hydrogen-bond acceptors (Lipinski definition) is 5. The minimum absolute atomic E-state index is 0.0206. The third-order valence-electron chi connectivity index (χ3n) is 6.90. The molecule has 2 N–H and O–H groups in total. The van der Waals surface area contributed by atoms with Gasteiger partial charge < -0.3 is 10.6 Å². The standard InChI is InChI=1S/C27H27F3N6O3.C7H7F.C3H8/c1-4-35(26(39)18(3)33-24(38)19-9-8-10-20(15-19)27(28,29)30)25-17(2)22(16-32-23(37)13-14-31)34-36(25)21-11-6-5-7-12-21;1-6-2-4-7(8)5-3-6;1-3-2/h5-12,15,18H,4,13,16H2,1-3H3,(H,32,37)(H,33,38);2-5H,1H3;3H2,1-2H3. The number of hydrogen-bond donors (Lipinski definition) is 2. The molecule has 0 spiro atoms. The van der Waals surface area contributed by atoms with E-state index in [1.165, 1.54) is 36.4 Å². The van der Waals surface area contributed by atoms with Gasteiger partial charge in [0.1, 0.15) is 24.1 Å². The summed E-state index contributed by atoms with van der Waals surface area (Å²) in [4.78, 5) is 39.5. The number of carbonyl (C=O) groups excluding carboxylic acids is 3. The minimum atomic E-state index is -4.62. The van der Waals surface area contributed by atoms with Crippen LogP contribution in [-0.4, -0.2) is 40.1 Å². The van der Waals surface area contributed by atoms with E-state index in [-0.39, 0.29) is 30.9 Å². The number of anilines is 1. The number of aryl methyl sites for hydroxylation is 1. The van der Waals surface area contributed by atoms with Gasteiger partial charge in [0.2, 0.25) is 11.8 Å². The summed E-state index contributed by atoms with van der Waals surface area (Å²) in [6.07, 6.45) is -3.68. The molecule has 1 atom stereocenters. The van der Waals surface area contributed by atoms with Crippen LogP contribution in [0.2, 0.25) is 0 Å². The summed E-state index contributed by atoms with van der Waals surface area (Å²) in [5, 5.41) is 18.4. The first-order valence-corrected chi connectivity index (χ1v) is 16.0. The van der Waals surface area contributed by atoms with Gasteiger partial charge in [-0.1, -0.05) is 62.2 Å². The lowest BCUT2D eigenvalue weighted by atomic mass is 10.1. The van der Waals surface area contributed by atoms with Crippen molar-refractivity contribution in [2.24, 2.45) is 0 Å². The molecule has 4 rings (SSSR count). The number of amides is 3. The maximum Gasteiger partial charge on any atom is 0.416 e. The predicted octanol–water partition coefficient (Wildman–Crippen LogP) is 7.45. The van der Waals surface area contributed by atoms with Crippen LogP contribution in [0.4, 0.5) is 23.4 Å². The fraction of sp³-hybridized carbons (Fsp3) is 0.324. The number of carbonyl (C=O) groups is 3. The van der Waals surface area contributed by atoms with E-state index < -0.39 is 35.5 Å². The molecule has 0 aliphatic rings. The zero-order valence-corrected chi connectivity index (χ0v) is 28.9. The van der Waals surface area contributed by atoms with E-state index in [1.54, 1.807) is 61.0 Å². The van der Waals surface area contributed by atoms with E-state index in [0.29, 0.717) is 22.8 Å². The molecular formula is C37H42F4N6O3. The topological polar surface area (TPSA) is 120 Å². The summed E-state index contributed by atoms with van der Waals surface area (Å²) in [6.45, 7) is 11.3. The Hall–Kier alpha value is -5.51. The van der Waals surface area contributed by atoms with Gasteiger partial charge in [-0.15, -0.1) is 0 Å². The highest BCUT2D eigenvalue weighted by atomic mass is 19.4. The zero-order valence-electron chi connectivity index (χ0n) is 28.9. The first-order chi connectivity index (χ1) is 23.7. The Labute approximate surface area is 289 Å². The highest BCUT2D eigenvalue weighted by molar-refractivity contribution is 6.02. The van der Waals surface area contributed by atoms with Crippen molar-refractivity contribution in [1.29, 1.82) is 5.26 Å². The second-order valence-electron chi connectivity index (χ2n) is 11.1. The lowest BCUT2D eigenvalue weighted by Gasteiger charge is -2.26. The first kappa shape index (κ1) is 40.7. The number of benzene rings is 3. The van der Waals surface area contributed by atoms with Gasteiger partial charge in [-0.05, 0) is 70.2 Å². The summed E-state index contributed by atoms with van der Waals surface area (Å²) in [7, 11) is 0. The van der Waals surface area contributed by atoms with Gasteiger partial charge in [0.25, 0.3) is 5.91 Å². The van der Waals surface area contributed by atoms with Crippen LogP contribution in [0.25, 0.3) is 5.69 Å². The Morgan fingerprint density at radius 2 is 1.58 bits per heavy atom. The van der Waals surface area contributed by atoms with Crippen molar-refractivity contribution >= 4 is 23.5 Å². The van der Waals surface area contributed by atoms with Crippen LogP contribution in [0.5, 0.6) is 0 Å². The molecule has 0 saturated heterocycles. The number of nitriles is 1. The Morgan fingerprint density at radius 1 is 0.960 bits per heavy atom. The van der Waals surface area contributed by atoms with E-state index in [1.807, 2.05) is 13.0 Å². The largest absolute Gasteiger partial charge is 0.416 e. The molecule has 266 valence electrons. The van der Waals surface area contributed by atoms with Gasteiger partial charge in [-0.25, -0.2) is 9.07 Å². The molecule has 1 heterocycles. The molecule has 1 unspecified atom stereocenters. The van der Waals surface area contributed by atoms with Gasteiger partial charge >= 0.3 is 6.18 Å². The molecule has 4 aromatic rings. The average Bonchev–Trinajstić information content (AvgIpc) is 3.41. The summed E-state index contributed by atoms with van der Waals surface area (Å²) in [6, 6.07) is 20.0. The number of halogens is 4. The van der Waals surface area contributed by atoms with Gasteiger partial charge in [0, 0.05) is 17.7 Å². The van der Waals surface area contributed by atoms with Gasteiger partial charge in [-0.2, -0.15) is 23.5 Å². The summed E-state index contributed by atoms with van der Waals surface area (Å²) < 4.78 is 52.9. The SMILES string of the molecule is CCC.CCN(C(=O)C(C)NC(=O)c1cccc(C(F)(F)F)c1)c1c(C)c(CNC(=O)CC#N)nn1-c1ccccc1.Cc1ccc(F)cc1. The number of alkyl halides is 3. The lowest BCUT2D eigenvalue weighted by molar-refractivity contribution is -0.137. The predicted molar refractivity (Wildman–Crippen MR) is 184 cm³/mol. The van der Waals surface area contributed by atoms with E-state index in [0.717, 1.165) is 23.8 Å². The third kappa shape index (κ3) is 11.9. The van der Waals surface area contributed by atoms with Crippen molar-refractivity contribution in [2.45, 2.75) is 73.1 Å². The van der Waals surface area contributed by atoms with Crippen molar-refractivity contribution in [3.05, 3.63) is 113 Å². The van der Waals surface area contributed by atoms with Crippen LogP contribution < -0.4 is 15.5 Å². The maximum atomic E-state index is 13.5. The molecule has 3 aromatic carbocycles. The normalized spacial score (nSPS) is 11.1. The molecule has 1 aromatic heterocycles. The average molecular weight is 695 g/mol. The number of rotatable bonds is 9. The fourth-order valence-electron chi connectivity index (χ4n) is 4.44. The second-order valence-corrected chi connectivity index (χ2v) is 11.1. The molecule has 0 bridgehead atoms. The number of para-hydroxylation sites is 1. The Bertz CT molecular complexity index is 1730. The molecule has 0 aliphatic carbocycles. The monoisotopic (exact) mass is 694 g/mol. The summed E-state index contributed by atoms with van der Waals surface area (Å²) >= 11 is 0. The van der Waals surface area contributed by atoms with E-state index >= 15 is 0 Å². The van der Waals surface area contributed by atoms with Crippen molar-refractivity contribution in [2.75, 3.05) is 11.4 Å². The molecule has 13 heteroatoms. The third-order valence-corrected chi connectivity index (χ3v) is 6.90. The second kappa shape index (κ2) is 19.5. The smallest absolute Gasteiger partial charge is 0.349 e. The van der Waals surface area contributed by atoms with Crippen LogP contribution in [0.3, 0.4) is 0 Å². The van der Waals surface area contributed by atoms with Gasteiger partial charge in [0.15, 0.2) is 0 Å². The maximum absolute atomic E-state index is 13.5. The van der Waals surface area contributed by atoms with E-state index in [2.05, 4.69) is 29.6 Å². The summed E-state index contributed by atoms with van der Waals surface area (Å²) in [5.41, 5.74) is 1.58. The highest BCUT2D eigenvalue weighted by Gasteiger charge is 2.32.